The molecule has 1 aliphatic carbocycles. The predicted octanol–water partition coefficient (Wildman–Crippen LogP) is 0.766. The van der Waals surface area contributed by atoms with Crippen molar-refractivity contribution in [2.24, 2.45) is 5.92 Å². The highest BCUT2D eigenvalue weighted by Crippen LogP contribution is 2.23. The van der Waals surface area contributed by atoms with Crippen LogP contribution in [-0.2, 0) is 6.54 Å². The highest BCUT2D eigenvalue weighted by molar-refractivity contribution is 5.97. The molecular formula is C13H22N4O2. The first-order chi connectivity index (χ1) is 9.11. The fourth-order valence-electron chi connectivity index (χ4n) is 2.66. The summed E-state index contributed by atoms with van der Waals surface area (Å²) in [5, 5.41) is 16.6. The highest BCUT2D eigenvalue weighted by Gasteiger charge is 2.22. The number of hydrogen-bond acceptors (Lipinski definition) is 4. The molecule has 1 heterocycles. The SMILES string of the molecule is CCn1ncc(N)c1C(=O)NCC1CCCC(O)C1. The Kier molecular flexibility index (Phi) is 4.42. The first-order valence-electron chi connectivity index (χ1n) is 6.89. The first kappa shape index (κ1) is 13.9. The maximum atomic E-state index is 12.1. The Labute approximate surface area is 113 Å². The molecule has 0 spiro atoms. The molecule has 2 rings (SSSR count). The Balaban J connectivity index is 1.92. The molecule has 1 aromatic heterocycles. The molecular weight excluding hydrogens is 244 g/mol. The van der Waals surface area contributed by atoms with E-state index in [0.717, 1.165) is 25.7 Å². The first-order valence-corrected chi connectivity index (χ1v) is 6.89. The number of nitrogen functional groups attached to an aromatic ring is 1. The van der Waals surface area contributed by atoms with Crippen LogP contribution in [0.5, 0.6) is 0 Å². The molecule has 0 aromatic carbocycles. The number of carbonyl (C=O) groups is 1. The van der Waals surface area contributed by atoms with Gasteiger partial charge in [-0.1, -0.05) is 6.42 Å². The Hall–Kier alpha value is -1.56. The van der Waals surface area contributed by atoms with E-state index in [2.05, 4.69) is 10.4 Å². The molecule has 6 heteroatoms. The van der Waals surface area contributed by atoms with Gasteiger partial charge in [0.15, 0.2) is 0 Å². The fraction of sp³-hybridized carbons (Fsp3) is 0.692. The molecule has 2 atom stereocenters. The third-order valence-corrected chi connectivity index (χ3v) is 3.69. The van der Waals surface area contributed by atoms with Crippen molar-refractivity contribution < 1.29 is 9.90 Å². The van der Waals surface area contributed by atoms with Crippen molar-refractivity contribution in [2.45, 2.75) is 45.3 Å². The summed E-state index contributed by atoms with van der Waals surface area (Å²) in [7, 11) is 0. The second-order valence-corrected chi connectivity index (χ2v) is 5.16. The van der Waals surface area contributed by atoms with Gasteiger partial charge in [-0.05, 0) is 32.1 Å². The average molecular weight is 266 g/mol. The number of nitrogens with one attached hydrogen (secondary N) is 1. The van der Waals surface area contributed by atoms with Gasteiger partial charge in [-0.3, -0.25) is 9.48 Å². The number of anilines is 1. The second kappa shape index (κ2) is 6.06. The number of carbonyl (C=O) groups excluding carboxylic acids is 1. The van der Waals surface area contributed by atoms with Gasteiger partial charge in [0.05, 0.1) is 18.0 Å². The van der Waals surface area contributed by atoms with E-state index in [0.29, 0.717) is 30.4 Å². The summed E-state index contributed by atoms with van der Waals surface area (Å²) in [6, 6.07) is 0. The van der Waals surface area contributed by atoms with Gasteiger partial charge in [-0.25, -0.2) is 0 Å². The number of amides is 1. The molecule has 1 fully saturated rings. The lowest BCUT2D eigenvalue weighted by Crippen LogP contribution is -2.34. The number of hydrogen-bond donors (Lipinski definition) is 3. The topological polar surface area (TPSA) is 93.2 Å². The van der Waals surface area contributed by atoms with Gasteiger partial charge in [-0.15, -0.1) is 0 Å². The van der Waals surface area contributed by atoms with Gasteiger partial charge >= 0.3 is 0 Å². The summed E-state index contributed by atoms with van der Waals surface area (Å²) in [5.41, 5.74) is 6.60. The minimum absolute atomic E-state index is 0.183. The van der Waals surface area contributed by atoms with E-state index in [-0.39, 0.29) is 12.0 Å². The van der Waals surface area contributed by atoms with Gasteiger partial charge in [-0.2, -0.15) is 5.10 Å². The smallest absolute Gasteiger partial charge is 0.271 e. The van der Waals surface area contributed by atoms with Gasteiger partial charge in [0, 0.05) is 13.1 Å². The van der Waals surface area contributed by atoms with Crippen LogP contribution in [0, 0.1) is 5.92 Å². The predicted molar refractivity (Wildman–Crippen MR) is 72.6 cm³/mol. The van der Waals surface area contributed by atoms with Crippen LogP contribution in [-0.4, -0.2) is 33.4 Å². The molecule has 1 aromatic rings. The normalized spacial score (nSPS) is 23.3. The van der Waals surface area contributed by atoms with Gasteiger partial charge in [0.2, 0.25) is 0 Å². The standard InChI is InChI=1S/C13H22N4O2/c1-2-17-12(11(14)8-16-17)13(19)15-7-9-4-3-5-10(18)6-9/h8-10,18H,2-7,14H2,1H3,(H,15,19). The minimum Gasteiger partial charge on any atom is -0.396 e. The van der Waals surface area contributed by atoms with Crippen molar-refractivity contribution in [3.63, 3.8) is 0 Å². The third-order valence-electron chi connectivity index (χ3n) is 3.69. The Morgan fingerprint density at radius 2 is 2.42 bits per heavy atom. The van der Waals surface area contributed by atoms with Crippen molar-refractivity contribution in [1.82, 2.24) is 15.1 Å². The zero-order valence-corrected chi connectivity index (χ0v) is 11.3. The van der Waals surface area contributed by atoms with E-state index < -0.39 is 0 Å². The summed E-state index contributed by atoms with van der Waals surface area (Å²) in [5.74, 6) is 0.170. The molecule has 0 radical (unpaired) electrons. The van der Waals surface area contributed by atoms with Crippen LogP contribution in [0.15, 0.2) is 6.20 Å². The van der Waals surface area contributed by atoms with Crippen LogP contribution in [0.1, 0.15) is 43.1 Å². The molecule has 106 valence electrons. The largest absolute Gasteiger partial charge is 0.396 e. The Bertz CT molecular complexity index is 444. The number of aryl methyl sites for hydroxylation is 1. The number of rotatable bonds is 4. The third kappa shape index (κ3) is 3.26. The lowest BCUT2D eigenvalue weighted by molar-refractivity contribution is 0.0867. The molecule has 1 aliphatic rings. The molecule has 1 amide bonds. The van der Waals surface area contributed by atoms with Crippen LogP contribution < -0.4 is 11.1 Å². The van der Waals surface area contributed by atoms with Crippen molar-refractivity contribution in [2.75, 3.05) is 12.3 Å². The van der Waals surface area contributed by atoms with E-state index in [4.69, 9.17) is 5.73 Å². The molecule has 0 aliphatic heterocycles. The number of nitrogens with zero attached hydrogens (tertiary/aromatic N) is 2. The molecule has 0 bridgehead atoms. The monoisotopic (exact) mass is 266 g/mol. The highest BCUT2D eigenvalue weighted by atomic mass is 16.3. The maximum Gasteiger partial charge on any atom is 0.271 e. The molecule has 1 saturated carbocycles. The van der Waals surface area contributed by atoms with E-state index in [1.807, 2.05) is 6.92 Å². The van der Waals surface area contributed by atoms with Crippen molar-refractivity contribution >= 4 is 11.6 Å². The maximum absolute atomic E-state index is 12.1. The van der Waals surface area contributed by atoms with E-state index >= 15 is 0 Å². The van der Waals surface area contributed by atoms with E-state index in [1.165, 1.54) is 6.20 Å². The van der Waals surface area contributed by atoms with Crippen LogP contribution >= 0.6 is 0 Å². The number of aliphatic hydroxyl groups is 1. The summed E-state index contributed by atoms with van der Waals surface area (Å²) >= 11 is 0. The van der Waals surface area contributed by atoms with Crippen LogP contribution in [0.2, 0.25) is 0 Å². The van der Waals surface area contributed by atoms with Crippen molar-refractivity contribution in [1.29, 1.82) is 0 Å². The van der Waals surface area contributed by atoms with Gasteiger partial charge in [0.1, 0.15) is 5.69 Å². The zero-order valence-electron chi connectivity index (χ0n) is 11.3. The fourth-order valence-corrected chi connectivity index (χ4v) is 2.66. The minimum atomic E-state index is -0.220. The lowest BCUT2D eigenvalue weighted by Gasteiger charge is -2.25. The van der Waals surface area contributed by atoms with Gasteiger partial charge in [0.25, 0.3) is 5.91 Å². The summed E-state index contributed by atoms with van der Waals surface area (Å²) in [6.45, 7) is 3.12. The number of aliphatic hydroxyl groups excluding tert-OH is 1. The Morgan fingerprint density at radius 3 is 3.11 bits per heavy atom. The second-order valence-electron chi connectivity index (χ2n) is 5.16. The summed E-state index contributed by atoms with van der Waals surface area (Å²) in [4.78, 5) is 12.1. The molecule has 2 unspecified atom stereocenters. The Morgan fingerprint density at radius 1 is 1.63 bits per heavy atom. The van der Waals surface area contributed by atoms with Crippen LogP contribution in [0.3, 0.4) is 0 Å². The van der Waals surface area contributed by atoms with E-state index in [9.17, 15) is 9.90 Å². The number of aromatic nitrogens is 2. The molecule has 0 saturated heterocycles. The summed E-state index contributed by atoms with van der Waals surface area (Å²) in [6.07, 6.45) is 5.00. The summed E-state index contributed by atoms with van der Waals surface area (Å²) < 4.78 is 1.60. The van der Waals surface area contributed by atoms with Crippen molar-refractivity contribution in [3.8, 4) is 0 Å². The number of nitrogens with two attached hydrogens (primary N) is 1. The molecule has 4 N–H and O–H groups in total. The molecule has 19 heavy (non-hydrogen) atoms. The van der Waals surface area contributed by atoms with Crippen LogP contribution in [0.25, 0.3) is 0 Å². The van der Waals surface area contributed by atoms with Gasteiger partial charge < -0.3 is 16.2 Å². The average Bonchev–Trinajstić information content (AvgIpc) is 2.77. The van der Waals surface area contributed by atoms with Crippen LogP contribution in [0.4, 0.5) is 5.69 Å². The van der Waals surface area contributed by atoms with Crippen molar-refractivity contribution in [3.05, 3.63) is 11.9 Å². The zero-order chi connectivity index (χ0) is 13.8. The quantitative estimate of drug-likeness (QED) is 0.750. The molecule has 6 nitrogen and oxygen atoms in total. The lowest BCUT2D eigenvalue weighted by atomic mass is 9.87. The van der Waals surface area contributed by atoms with E-state index in [1.54, 1.807) is 4.68 Å².